The molecule has 0 saturated carbocycles. The summed E-state index contributed by atoms with van der Waals surface area (Å²) in [6.45, 7) is 0. The molecule has 12 heteroatoms. The van der Waals surface area contributed by atoms with E-state index in [0.29, 0.717) is 10.6 Å². The van der Waals surface area contributed by atoms with Crippen LogP contribution >= 0.6 is 34.7 Å². The fourth-order valence-corrected chi connectivity index (χ4v) is 4.76. The van der Waals surface area contributed by atoms with Crippen molar-refractivity contribution in [3.8, 4) is 0 Å². The lowest BCUT2D eigenvalue weighted by molar-refractivity contribution is -0.384. The molecule has 1 atom stereocenters. The Labute approximate surface area is 206 Å². The Morgan fingerprint density at radius 3 is 2.74 bits per heavy atom. The van der Waals surface area contributed by atoms with Gasteiger partial charge in [-0.3, -0.25) is 19.7 Å². The second-order valence-electron chi connectivity index (χ2n) is 6.80. The molecule has 4 rings (SSSR count). The van der Waals surface area contributed by atoms with Gasteiger partial charge in [-0.25, -0.2) is 9.97 Å². The molecule has 172 valence electrons. The van der Waals surface area contributed by atoms with Crippen LogP contribution in [-0.4, -0.2) is 32.5 Å². The van der Waals surface area contributed by atoms with Crippen LogP contribution in [0.25, 0.3) is 10.2 Å². The van der Waals surface area contributed by atoms with Crippen molar-refractivity contribution in [2.45, 2.75) is 11.1 Å². The van der Waals surface area contributed by atoms with Crippen LogP contribution in [0, 0.1) is 10.1 Å². The molecule has 0 aliphatic heterocycles. The molecule has 1 amide bonds. The van der Waals surface area contributed by atoms with Gasteiger partial charge in [0.1, 0.15) is 21.2 Å². The van der Waals surface area contributed by atoms with Crippen molar-refractivity contribution in [1.82, 2.24) is 9.97 Å². The van der Waals surface area contributed by atoms with E-state index in [9.17, 15) is 19.7 Å². The van der Waals surface area contributed by atoms with Crippen molar-refractivity contribution >= 4 is 68.2 Å². The number of fused-ring (bicyclic) bond motifs is 1. The Morgan fingerprint density at radius 2 is 1.97 bits per heavy atom. The predicted octanol–water partition coefficient (Wildman–Crippen LogP) is 5.27. The third-order valence-electron chi connectivity index (χ3n) is 4.55. The Morgan fingerprint density at radius 1 is 1.18 bits per heavy atom. The number of hydrogen-bond acceptors (Lipinski definition) is 9. The van der Waals surface area contributed by atoms with Crippen molar-refractivity contribution < 1.29 is 19.2 Å². The molecule has 2 aromatic heterocycles. The van der Waals surface area contributed by atoms with E-state index in [4.69, 9.17) is 16.3 Å². The van der Waals surface area contributed by atoms with Crippen LogP contribution in [0.1, 0.15) is 11.7 Å². The lowest BCUT2D eigenvalue weighted by Crippen LogP contribution is -2.26. The van der Waals surface area contributed by atoms with Gasteiger partial charge in [0, 0.05) is 22.7 Å². The highest BCUT2D eigenvalue weighted by molar-refractivity contribution is 8.00. The van der Waals surface area contributed by atoms with Gasteiger partial charge in [0.25, 0.3) is 11.6 Å². The number of rotatable bonds is 8. The van der Waals surface area contributed by atoms with Crippen molar-refractivity contribution in [3.05, 3.63) is 87.0 Å². The lowest BCUT2D eigenvalue weighted by atomic mass is 10.1. The molecule has 0 bridgehead atoms. The monoisotopic (exact) mass is 514 g/mol. The molecule has 1 N–H and O–H groups in total. The van der Waals surface area contributed by atoms with Gasteiger partial charge in [0.2, 0.25) is 6.10 Å². The number of esters is 1. The topological polar surface area (TPSA) is 124 Å². The summed E-state index contributed by atoms with van der Waals surface area (Å²) < 4.78 is 5.51. The number of carbonyl (C=O) groups is 2. The summed E-state index contributed by atoms with van der Waals surface area (Å²) in [5.41, 5.74) is 0.242. The van der Waals surface area contributed by atoms with Crippen LogP contribution in [0.4, 0.5) is 11.4 Å². The Balaban J connectivity index is 1.49. The molecule has 0 fully saturated rings. The zero-order valence-corrected chi connectivity index (χ0v) is 19.6. The highest BCUT2D eigenvalue weighted by Crippen LogP contribution is 2.30. The van der Waals surface area contributed by atoms with Gasteiger partial charge in [-0.2, -0.15) is 0 Å². The van der Waals surface area contributed by atoms with E-state index >= 15 is 0 Å². The largest absolute Gasteiger partial charge is 0.447 e. The molecule has 4 aromatic rings. The summed E-state index contributed by atoms with van der Waals surface area (Å²) in [6.07, 6.45) is 0.161. The van der Waals surface area contributed by atoms with Gasteiger partial charge in [0.15, 0.2) is 0 Å². The minimum atomic E-state index is -1.27. The van der Waals surface area contributed by atoms with Gasteiger partial charge in [-0.1, -0.05) is 53.7 Å². The van der Waals surface area contributed by atoms with Gasteiger partial charge >= 0.3 is 5.97 Å². The summed E-state index contributed by atoms with van der Waals surface area (Å²) >= 11 is 8.49. The molecule has 0 aliphatic carbocycles. The van der Waals surface area contributed by atoms with Crippen molar-refractivity contribution in [2.75, 3.05) is 11.1 Å². The number of nitrogens with one attached hydrogen (secondary N) is 1. The van der Waals surface area contributed by atoms with Gasteiger partial charge in [-0.15, -0.1) is 11.3 Å². The quantitative estimate of drug-likeness (QED) is 0.111. The first-order valence-electron chi connectivity index (χ1n) is 9.72. The number of thiophene rings is 1. The van der Waals surface area contributed by atoms with Gasteiger partial charge in [-0.05, 0) is 23.6 Å². The van der Waals surface area contributed by atoms with Crippen LogP contribution < -0.4 is 5.32 Å². The average molecular weight is 515 g/mol. The van der Waals surface area contributed by atoms with E-state index in [1.807, 2.05) is 11.4 Å². The molecule has 0 saturated heterocycles. The molecule has 34 heavy (non-hydrogen) atoms. The maximum Gasteiger partial charge on any atom is 0.317 e. The molecule has 9 nitrogen and oxygen atoms in total. The first kappa shape index (κ1) is 23.6. The number of carbonyl (C=O) groups excluding carboxylic acids is 2. The molecular weight excluding hydrogens is 500 g/mol. The molecule has 0 aliphatic rings. The van der Waals surface area contributed by atoms with Crippen molar-refractivity contribution in [3.63, 3.8) is 0 Å². The normalized spacial score (nSPS) is 11.7. The standard InChI is InChI=1S/C22H15ClN4O5S2/c23-16-7-6-14(10-17(16)27(30)31)26-20(29)19(13-4-2-1-3-5-13)32-18(28)11-34-22-15-8-9-33-21(15)24-12-25-22/h1-10,12,19H,11H2,(H,26,29)/t19-/m0/s1. The smallest absolute Gasteiger partial charge is 0.317 e. The number of thioether (sulfide) groups is 1. The van der Waals surface area contributed by atoms with Gasteiger partial charge < -0.3 is 10.1 Å². The Kier molecular flexibility index (Phi) is 7.36. The highest BCUT2D eigenvalue weighted by Gasteiger charge is 2.26. The first-order chi connectivity index (χ1) is 16.4. The maximum absolute atomic E-state index is 13.0. The van der Waals surface area contributed by atoms with E-state index in [2.05, 4.69) is 15.3 Å². The molecule has 0 radical (unpaired) electrons. The Bertz CT molecular complexity index is 1370. The van der Waals surface area contributed by atoms with Gasteiger partial charge in [0.05, 0.1) is 10.7 Å². The number of nitro groups is 1. The zero-order chi connectivity index (χ0) is 24.1. The molecule has 2 aromatic carbocycles. The summed E-state index contributed by atoms with van der Waals surface area (Å²) in [5.74, 6) is -1.37. The minimum Gasteiger partial charge on any atom is -0.447 e. The number of nitro benzene ring substituents is 1. The van der Waals surface area contributed by atoms with E-state index in [1.165, 1.54) is 41.6 Å². The summed E-state index contributed by atoms with van der Waals surface area (Å²) in [6, 6.07) is 14.2. The first-order valence-corrected chi connectivity index (χ1v) is 12.0. The van der Waals surface area contributed by atoms with Crippen molar-refractivity contribution in [1.29, 1.82) is 0 Å². The fourth-order valence-electron chi connectivity index (χ4n) is 3.01. The van der Waals surface area contributed by atoms with E-state index in [-0.39, 0.29) is 22.2 Å². The molecule has 0 spiro atoms. The highest BCUT2D eigenvalue weighted by atomic mass is 35.5. The molecular formula is C22H15ClN4O5S2. The van der Waals surface area contributed by atoms with E-state index in [0.717, 1.165) is 16.3 Å². The second-order valence-corrected chi connectivity index (χ2v) is 9.07. The van der Waals surface area contributed by atoms with Crippen LogP contribution in [-0.2, 0) is 14.3 Å². The Hall–Kier alpha value is -3.54. The van der Waals surface area contributed by atoms with Crippen LogP contribution in [0.5, 0.6) is 0 Å². The summed E-state index contributed by atoms with van der Waals surface area (Å²) in [4.78, 5) is 45.4. The summed E-state index contributed by atoms with van der Waals surface area (Å²) in [7, 11) is 0. The number of anilines is 1. The second kappa shape index (κ2) is 10.6. The summed E-state index contributed by atoms with van der Waals surface area (Å²) in [5, 5.41) is 17.0. The lowest BCUT2D eigenvalue weighted by Gasteiger charge is -2.18. The average Bonchev–Trinajstić information content (AvgIpc) is 3.32. The van der Waals surface area contributed by atoms with Crippen molar-refractivity contribution in [2.24, 2.45) is 0 Å². The minimum absolute atomic E-state index is 0.0597. The maximum atomic E-state index is 13.0. The fraction of sp³-hybridized carbons (Fsp3) is 0.0909. The molecule has 0 unspecified atom stereocenters. The number of halogens is 1. The number of hydrogen-bond donors (Lipinski definition) is 1. The van der Waals surface area contributed by atoms with Crippen LogP contribution in [0.15, 0.2) is 71.3 Å². The van der Waals surface area contributed by atoms with Crippen LogP contribution in [0.2, 0.25) is 5.02 Å². The zero-order valence-electron chi connectivity index (χ0n) is 17.2. The SMILES string of the molecule is O=C(CSc1ncnc2sccc12)O[C@H](C(=O)Nc1ccc(Cl)c([N+](=O)[O-])c1)c1ccccc1. The third-order valence-corrected chi connectivity index (χ3v) is 6.67. The van der Waals surface area contributed by atoms with Crippen LogP contribution in [0.3, 0.4) is 0 Å². The number of aromatic nitrogens is 2. The predicted molar refractivity (Wildman–Crippen MR) is 130 cm³/mol. The van der Waals surface area contributed by atoms with E-state index in [1.54, 1.807) is 30.3 Å². The third kappa shape index (κ3) is 5.50. The number of benzene rings is 2. The molecule has 2 heterocycles. The van der Waals surface area contributed by atoms with E-state index < -0.39 is 22.9 Å². The number of amides is 1. The number of ether oxygens (including phenoxy) is 1. The number of nitrogens with zero attached hydrogens (tertiary/aromatic N) is 3.